The summed E-state index contributed by atoms with van der Waals surface area (Å²) in [4.78, 5) is 41.1. The fourth-order valence-electron chi connectivity index (χ4n) is 4.13. The quantitative estimate of drug-likeness (QED) is 0.373. The van der Waals surface area contributed by atoms with E-state index >= 15 is 0 Å². The highest BCUT2D eigenvalue weighted by molar-refractivity contribution is 9.10. The number of carbonyl (C=O) groups is 3. The fraction of sp³-hybridized carbons (Fsp3) is 0.115. The molecule has 0 bridgehead atoms. The van der Waals surface area contributed by atoms with Crippen molar-refractivity contribution in [1.82, 2.24) is 0 Å². The summed E-state index contributed by atoms with van der Waals surface area (Å²) in [5, 5.41) is 6.43. The Morgan fingerprint density at radius 3 is 2.50 bits per heavy atom. The van der Waals surface area contributed by atoms with Gasteiger partial charge < -0.3 is 15.1 Å². The number of halogens is 1. The number of aryl methyl sites for hydroxylation is 1. The molecule has 1 unspecified atom stereocenters. The van der Waals surface area contributed by atoms with E-state index in [-0.39, 0.29) is 18.1 Å². The SMILES string of the molecule is Cc1c(C(=O)N2c3ccccc3NC(=O)C2CC(=O)Nc2ccc(Br)cc2)oc2ccccc12. The van der Waals surface area contributed by atoms with Gasteiger partial charge in [0.1, 0.15) is 11.6 Å². The van der Waals surface area contributed by atoms with Crippen molar-refractivity contribution < 1.29 is 18.8 Å². The number of hydrogen-bond donors (Lipinski definition) is 2. The Hall–Kier alpha value is -3.91. The number of amides is 3. The smallest absolute Gasteiger partial charge is 0.295 e. The molecule has 0 aliphatic carbocycles. The molecule has 170 valence electrons. The Kier molecular flexibility index (Phi) is 5.67. The summed E-state index contributed by atoms with van der Waals surface area (Å²) in [6.45, 7) is 1.81. The second-order valence-corrected chi connectivity index (χ2v) is 8.92. The van der Waals surface area contributed by atoms with Gasteiger partial charge in [0.2, 0.25) is 11.8 Å². The molecule has 5 rings (SSSR count). The van der Waals surface area contributed by atoms with Crippen LogP contribution in [0.4, 0.5) is 17.1 Å². The number of nitrogens with one attached hydrogen (secondary N) is 2. The molecule has 3 aromatic carbocycles. The van der Waals surface area contributed by atoms with Gasteiger partial charge in [-0.05, 0) is 49.4 Å². The van der Waals surface area contributed by atoms with Crippen molar-refractivity contribution in [1.29, 1.82) is 0 Å². The third kappa shape index (κ3) is 3.97. The van der Waals surface area contributed by atoms with Crippen molar-refractivity contribution in [3.8, 4) is 0 Å². The molecule has 2 heterocycles. The first-order valence-electron chi connectivity index (χ1n) is 10.7. The molecule has 34 heavy (non-hydrogen) atoms. The summed E-state index contributed by atoms with van der Waals surface area (Å²) in [5.41, 5.74) is 2.87. The molecule has 2 N–H and O–H groups in total. The standard InChI is InChI=1S/C26H20BrN3O4/c1-15-18-6-2-5-9-22(18)34-24(15)26(33)30-20-8-4-3-7-19(20)29-25(32)21(30)14-23(31)28-17-12-10-16(27)11-13-17/h2-13,21H,14H2,1H3,(H,28,31)(H,29,32). The van der Waals surface area contributed by atoms with Crippen LogP contribution in [0.5, 0.6) is 0 Å². The topological polar surface area (TPSA) is 91.7 Å². The average Bonchev–Trinajstić information content (AvgIpc) is 3.17. The summed E-state index contributed by atoms with van der Waals surface area (Å²) in [6, 6.07) is 20.4. The second-order valence-electron chi connectivity index (χ2n) is 8.01. The van der Waals surface area contributed by atoms with Gasteiger partial charge in [0, 0.05) is 21.1 Å². The minimum absolute atomic E-state index is 0.143. The van der Waals surface area contributed by atoms with Gasteiger partial charge in [-0.3, -0.25) is 19.3 Å². The number of rotatable bonds is 4. The number of fused-ring (bicyclic) bond motifs is 2. The monoisotopic (exact) mass is 517 g/mol. The Morgan fingerprint density at radius 1 is 1.03 bits per heavy atom. The Morgan fingerprint density at radius 2 is 1.74 bits per heavy atom. The van der Waals surface area contributed by atoms with E-state index in [9.17, 15) is 14.4 Å². The van der Waals surface area contributed by atoms with E-state index < -0.39 is 17.9 Å². The summed E-state index contributed by atoms with van der Waals surface area (Å²) >= 11 is 3.36. The largest absolute Gasteiger partial charge is 0.451 e. The van der Waals surface area contributed by atoms with Crippen LogP contribution in [0.25, 0.3) is 11.0 Å². The van der Waals surface area contributed by atoms with E-state index in [0.717, 1.165) is 9.86 Å². The summed E-state index contributed by atoms with van der Waals surface area (Å²) in [6.07, 6.45) is -0.221. The Balaban J connectivity index is 1.51. The molecule has 0 radical (unpaired) electrons. The minimum Gasteiger partial charge on any atom is -0.451 e. The zero-order valence-electron chi connectivity index (χ0n) is 18.2. The van der Waals surface area contributed by atoms with E-state index in [2.05, 4.69) is 26.6 Å². The predicted octanol–water partition coefficient (Wildman–Crippen LogP) is 5.50. The average molecular weight is 518 g/mol. The highest BCUT2D eigenvalue weighted by Gasteiger charge is 2.40. The zero-order chi connectivity index (χ0) is 23.8. The molecule has 1 aliphatic rings. The molecular formula is C26H20BrN3O4. The molecule has 7 nitrogen and oxygen atoms in total. The van der Waals surface area contributed by atoms with Crippen LogP contribution in [0.15, 0.2) is 81.7 Å². The maximum absolute atomic E-state index is 13.8. The molecular weight excluding hydrogens is 498 g/mol. The maximum atomic E-state index is 13.8. The lowest BCUT2D eigenvalue weighted by Crippen LogP contribution is -2.52. The molecule has 4 aromatic rings. The highest BCUT2D eigenvalue weighted by atomic mass is 79.9. The van der Waals surface area contributed by atoms with Gasteiger partial charge >= 0.3 is 0 Å². The molecule has 0 saturated carbocycles. The van der Waals surface area contributed by atoms with E-state index in [0.29, 0.717) is 28.2 Å². The molecule has 8 heteroatoms. The first kappa shape index (κ1) is 21.9. The van der Waals surface area contributed by atoms with Crippen molar-refractivity contribution >= 4 is 61.7 Å². The van der Waals surface area contributed by atoms with Crippen LogP contribution in [0.1, 0.15) is 22.5 Å². The number of hydrogen-bond acceptors (Lipinski definition) is 4. The van der Waals surface area contributed by atoms with Crippen molar-refractivity contribution in [3.05, 3.63) is 88.6 Å². The first-order chi connectivity index (χ1) is 16.4. The lowest BCUT2D eigenvalue weighted by molar-refractivity contribution is -0.122. The van der Waals surface area contributed by atoms with Crippen molar-refractivity contribution in [2.45, 2.75) is 19.4 Å². The van der Waals surface area contributed by atoms with Crippen LogP contribution in [0.3, 0.4) is 0 Å². The van der Waals surface area contributed by atoms with E-state index in [1.807, 2.05) is 25.1 Å². The number of nitrogens with zero attached hydrogens (tertiary/aromatic N) is 1. The van der Waals surface area contributed by atoms with Crippen LogP contribution < -0.4 is 15.5 Å². The molecule has 0 saturated heterocycles. The van der Waals surface area contributed by atoms with Gasteiger partial charge in [-0.2, -0.15) is 0 Å². The number of furan rings is 1. The number of para-hydroxylation sites is 3. The van der Waals surface area contributed by atoms with Crippen LogP contribution in [0, 0.1) is 6.92 Å². The lowest BCUT2D eigenvalue weighted by Gasteiger charge is -2.35. The van der Waals surface area contributed by atoms with E-state index in [1.165, 1.54) is 4.90 Å². The molecule has 1 atom stereocenters. The first-order valence-corrected chi connectivity index (χ1v) is 11.5. The van der Waals surface area contributed by atoms with Crippen LogP contribution >= 0.6 is 15.9 Å². The predicted molar refractivity (Wildman–Crippen MR) is 134 cm³/mol. The van der Waals surface area contributed by atoms with Gasteiger partial charge in [-0.1, -0.05) is 46.3 Å². The number of carbonyl (C=O) groups excluding carboxylic acids is 3. The molecule has 0 spiro atoms. The maximum Gasteiger partial charge on any atom is 0.295 e. The summed E-state index contributed by atoms with van der Waals surface area (Å²) in [7, 11) is 0. The molecule has 1 aliphatic heterocycles. The van der Waals surface area contributed by atoms with Crippen LogP contribution in [0.2, 0.25) is 0 Å². The molecule has 0 fully saturated rings. The van der Waals surface area contributed by atoms with Gasteiger partial charge in [0.05, 0.1) is 17.8 Å². The lowest BCUT2D eigenvalue weighted by atomic mass is 10.0. The minimum atomic E-state index is -1.05. The zero-order valence-corrected chi connectivity index (χ0v) is 19.8. The van der Waals surface area contributed by atoms with Crippen molar-refractivity contribution in [2.24, 2.45) is 0 Å². The van der Waals surface area contributed by atoms with Gasteiger partial charge in [-0.25, -0.2) is 0 Å². The fourth-order valence-corrected chi connectivity index (χ4v) is 4.40. The van der Waals surface area contributed by atoms with Crippen LogP contribution in [-0.4, -0.2) is 23.8 Å². The highest BCUT2D eigenvalue weighted by Crippen LogP contribution is 2.36. The molecule has 3 amide bonds. The Labute approximate surface area is 203 Å². The van der Waals surface area contributed by atoms with Crippen molar-refractivity contribution in [2.75, 3.05) is 15.5 Å². The summed E-state index contributed by atoms with van der Waals surface area (Å²) in [5.74, 6) is -1.16. The van der Waals surface area contributed by atoms with Crippen LogP contribution in [-0.2, 0) is 9.59 Å². The third-order valence-electron chi connectivity index (χ3n) is 5.80. The van der Waals surface area contributed by atoms with Gasteiger partial charge in [0.15, 0.2) is 5.76 Å². The van der Waals surface area contributed by atoms with Gasteiger partial charge in [0.25, 0.3) is 5.91 Å². The van der Waals surface area contributed by atoms with E-state index in [1.54, 1.807) is 54.6 Å². The van der Waals surface area contributed by atoms with Gasteiger partial charge in [-0.15, -0.1) is 0 Å². The van der Waals surface area contributed by atoms with Crippen molar-refractivity contribution in [3.63, 3.8) is 0 Å². The van der Waals surface area contributed by atoms with E-state index in [4.69, 9.17) is 4.42 Å². The number of benzene rings is 3. The third-order valence-corrected chi connectivity index (χ3v) is 6.33. The molecule has 1 aromatic heterocycles. The second kappa shape index (κ2) is 8.79. The number of anilines is 3. The normalized spacial score (nSPS) is 15.1. The Bertz CT molecular complexity index is 1430. The summed E-state index contributed by atoms with van der Waals surface area (Å²) < 4.78 is 6.78.